The number of hydrogen-bond donors (Lipinski definition) is 1. The van der Waals surface area contributed by atoms with E-state index in [0.29, 0.717) is 6.54 Å². The second kappa shape index (κ2) is 2.01. The fourth-order valence-electron chi connectivity index (χ4n) is 0.896. The number of hydrogen-bond acceptors (Lipinski definition) is 3. The summed E-state index contributed by atoms with van der Waals surface area (Å²) in [4.78, 5) is 0. The van der Waals surface area contributed by atoms with Crippen molar-refractivity contribution in [1.29, 1.82) is 0 Å². The summed E-state index contributed by atoms with van der Waals surface area (Å²) in [6.45, 7) is 2.37. The minimum atomic E-state index is -0.741. The van der Waals surface area contributed by atoms with E-state index < -0.39 is 6.23 Å². The molecule has 0 saturated carbocycles. The van der Waals surface area contributed by atoms with Crippen LogP contribution >= 0.6 is 0 Å². The molecule has 1 aliphatic heterocycles. The Kier molecular flexibility index (Phi) is 1.51. The molecular weight excluding hydrogens is 106 g/mol. The van der Waals surface area contributed by atoms with Crippen LogP contribution in [0.2, 0.25) is 0 Å². The van der Waals surface area contributed by atoms with Crippen LogP contribution in [0.25, 0.3) is 0 Å². The van der Waals surface area contributed by atoms with E-state index >= 15 is 0 Å². The average Bonchev–Trinajstić information content (AvgIpc) is 1.98. The summed E-state index contributed by atoms with van der Waals surface area (Å²) >= 11 is 0. The molecule has 1 fully saturated rings. The number of aliphatic hydroxyl groups excluding tert-OH is 1. The summed E-state index contributed by atoms with van der Waals surface area (Å²) in [5, 5.41) is 20.1. The third-order valence-corrected chi connectivity index (χ3v) is 1.61. The van der Waals surface area contributed by atoms with Gasteiger partial charge in [-0.3, -0.25) is 0 Å². The van der Waals surface area contributed by atoms with Gasteiger partial charge in [0.15, 0.2) is 0 Å². The summed E-state index contributed by atoms with van der Waals surface area (Å²) in [5.74, 6) is 0.160. The SMILES string of the molecule is CC1CCN([O-])C1O. The van der Waals surface area contributed by atoms with Gasteiger partial charge in [0.25, 0.3) is 0 Å². The van der Waals surface area contributed by atoms with E-state index in [1.54, 1.807) is 0 Å². The standard InChI is InChI=1S/C5H10NO2/c1-4-2-3-6(8)5(4)7/h4-5,7H,2-3H2,1H3/q-1. The Labute approximate surface area is 48.5 Å². The quantitative estimate of drug-likeness (QED) is 0.490. The van der Waals surface area contributed by atoms with Crippen LogP contribution in [0.1, 0.15) is 13.3 Å². The van der Waals surface area contributed by atoms with Crippen molar-refractivity contribution in [2.75, 3.05) is 6.54 Å². The molecule has 2 atom stereocenters. The lowest BCUT2D eigenvalue weighted by molar-refractivity contribution is 0.0423. The van der Waals surface area contributed by atoms with Gasteiger partial charge in [-0.05, 0) is 18.9 Å². The maximum atomic E-state index is 10.5. The molecule has 0 aromatic heterocycles. The second-order valence-electron chi connectivity index (χ2n) is 2.32. The van der Waals surface area contributed by atoms with Crippen molar-refractivity contribution >= 4 is 0 Å². The molecule has 3 nitrogen and oxygen atoms in total. The van der Waals surface area contributed by atoms with Crippen LogP contribution in [-0.4, -0.2) is 22.9 Å². The van der Waals surface area contributed by atoms with Gasteiger partial charge < -0.3 is 15.4 Å². The molecule has 1 aliphatic rings. The monoisotopic (exact) mass is 116 g/mol. The van der Waals surface area contributed by atoms with Gasteiger partial charge in [0.05, 0.1) is 6.23 Å². The lowest BCUT2D eigenvalue weighted by Crippen LogP contribution is -2.25. The van der Waals surface area contributed by atoms with Crippen LogP contribution in [-0.2, 0) is 0 Å². The molecule has 1 saturated heterocycles. The highest BCUT2D eigenvalue weighted by atomic mass is 16.5. The van der Waals surface area contributed by atoms with Crippen LogP contribution in [0.15, 0.2) is 0 Å². The van der Waals surface area contributed by atoms with Gasteiger partial charge in [-0.1, -0.05) is 6.92 Å². The first-order valence-electron chi connectivity index (χ1n) is 2.83. The lowest BCUT2D eigenvalue weighted by Gasteiger charge is -2.26. The summed E-state index contributed by atoms with van der Waals surface area (Å²) in [5.41, 5.74) is 0. The Morgan fingerprint density at radius 2 is 2.38 bits per heavy atom. The van der Waals surface area contributed by atoms with Crippen LogP contribution in [0, 0.1) is 11.1 Å². The smallest absolute Gasteiger partial charge is 0.0983 e. The Balaban J connectivity index is 2.44. The summed E-state index contributed by atoms with van der Waals surface area (Å²) in [6.07, 6.45) is 0.0833. The zero-order valence-electron chi connectivity index (χ0n) is 4.87. The first-order chi connectivity index (χ1) is 3.72. The van der Waals surface area contributed by atoms with Crippen molar-refractivity contribution in [3.8, 4) is 0 Å². The zero-order valence-corrected chi connectivity index (χ0v) is 4.87. The Morgan fingerprint density at radius 1 is 1.75 bits per heavy atom. The maximum Gasteiger partial charge on any atom is 0.0983 e. The summed E-state index contributed by atoms with van der Waals surface area (Å²) < 4.78 is 0. The van der Waals surface area contributed by atoms with Crippen molar-refractivity contribution < 1.29 is 5.11 Å². The molecule has 0 bridgehead atoms. The Morgan fingerprint density at radius 3 is 2.50 bits per heavy atom. The van der Waals surface area contributed by atoms with Gasteiger partial charge in [0.1, 0.15) is 0 Å². The Bertz CT molecular complexity index is 76.5. The third kappa shape index (κ3) is 0.844. The van der Waals surface area contributed by atoms with Gasteiger partial charge in [-0.15, -0.1) is 0 Å². The van der Waals surface area contributed by atoms with Crippen molar-refractivity contribution in [1.82, 2.24) is 5.06 Å². The van der Waals surface area contributed by atoms with Gasteiger partial charge >= 0.3 is 0 Å². The minimum Gasteiger partial charge on any atom is -0.783 e. The number of aliphatic hydroxyl groups is 1. The highest BCUT2D eigenvalue weighted by Gasteiger charge is 2.21. The molecule has 8 heavy (non-hydrogen) atoms. The largest absolute Gasteiger partial charge is 0.783 e. The normalized spacial score (nSPS) is 40.9. The van der Waals surface area contributed by atoms with Crippen molar-refractivity contribution in [2.24, 2.45) is 5.92 Å². The van der Waals surface area contributed by atoms with E-state index in [4.69, 9.17) is 5.11 Å². The molecule has 1 heterocycles. The van der Waals surface area contributed by atoms with E-state index in [1.165, 1.54) is 0 Å². The van der Waals surface area contributed by atoms with Gasteiger partial charge in [-0.25, -0.2) is 0 Å². The lowest BCUT2D eigenvalue weighted by atomic mass is 10.1. The first kappa shape index (κ1) is 6.01. The summed E-state index contributed by atoms with van der Waals surface area (Å²) in [7, 11) is 0. The van der Waals surface area contributed by atoms with Crippen LogP contribution < -0.4 is 0 Å². The van der Waals surface area contributed by atoms with Crippen LogP contribution in [0.4, 0.5) is 0 Å². The molecule has 48 valence electrons. The van der Waals surface area contributed by atoms with E-state index in [0.717, 1.165) is 11.5 Å². The van der Waals surface area contributed by atoms with Crippen molar-refractivity contribution in [2.45, 2.75) is 19.6 Å². The van der Waals surface area contributed by atoms with Crippen LogP contribution in [0.5, 0.6) is 0 Å². The van der Waals surface area contributed by atoms with Crippen molar-refractivity contribution in [3.05, 3.63) is 5.21 Å². The molecule has 0 radical (unpaired) electrons. The first-order valence-corrected chi connectivity index (χ1v) is 2.83. The van der Waals surface area contributed by atoms with E-state index in [-0.39, 0.29) is 5.92 Å². The molecular formula is C5H10NO2-. The highest BCUT2D eigenvalue weighted by Crippen LogP contribution is 2.19. The fraction of sp³-hybridized carbons (Fsp3) is 1.00. The molecule has 0 aliphatic carbocycles. The molecule has 2 unspecified atom stereocenters. The highest BCUT2D eigenvalue weighted by molar-refractivity contribution is 4.76. The fourth-order valence-corrected chi connectivity index (χ4v) is 0.896. The predicted molar refractivity (Wildman–Crippen MR) is 29.9 cm³/mol. The minimum absolute atomic E-state index is 0.160. The number of nitrogens with zero attached hydrogens (tertiary/aromatic N) is 1. The van der Waals surface area contributed by atoms with Gasteiger partial charge in [0.2, 0.25) is 0 Å². The predicted octanol–water partition coefficient (Wildman–Crippen LogP) is 0.144. The topological polar surface area (TPSA) is 46.5 Å². The molecule has 1 rings (SSSR count). The van der Waals surface area contributed by atoms with E-state index in [1.807, 2.05) is 6.92 Å². The van der Waals surface area contributed by atoms with Crippen molar-refractivity contribution in [3.63, 3.8) is 0 Å². The Hall–Kier alpha value is -0.120. The second-order valence-corrected chi connectivity index (χ2v) is 2.32. The third-order valence-electron chi connectivity index (χ3n) is 1.61. The average molecular weight is 116 g/mol. The number of hydroxylamine groups is 2. The molecule has 1 N–H and O–H groups in total. The molecule has 0 spiro atoms. The van der Waals surface area contributed by atoms with Gasteiger partial charge in [0, 0.05) is 0 Å². The number of rotatable bonds is 0. The summed E-state index contributed by atoms with van der Waals surface area (Å²) in [6, 6.07) is 0. The molecule has 3 heteroatoms. The van der Waals surface area contributed by atoms with E-state index in [9.17, 15) is 5.21 Å². The van der Waals surface area contributed by atoms with E-state index in [2.05, 4.69) is 0 Å². The zero-order chi connectivity index (χ0) is 6.15. The van der Waals surface area contributed by atoms with Gasteiger partial charge in [-0.2, -0.15) is 0 Å². The molecule has 0 aromatic rings. The molecule has 0 amide bonds. The van der Waals surface area contributed by atoms with Crippen LogP contribution in [0.3, 0.4) is 0 Å². The maximum absolute atomic E-state index is 10.5. The molecule has 0 aromatic carbocycles.